The molecular formula is C16H24N2O. The third-order valence-corrected chi connectivity index (χ3v) is 4.00. The van der Waals surface area contributed by atoms with Crippen molar-refractivity contribution >= 4 is 5.91 Å². The number of rotatable bonds is 5. The molecule has 1 aliphatic rings. The highest BCUT2D eigenvalue weighted by atomic mass is 16.2. The minimum atomic E-state index is 0.257. The second-order valence-corrected chi connectivity index (χ2v) is 5.11. The lowest BCUT2D eigenvalue weighted by Crippen LogP contribution is -2.40. The van der Waals surface area contributed by atoms with Crippen LogP contribution in [0.5, 0.6) is 0 Å². The van der Waals surface area contributed by atoms with Crippen molar-refractivity contribution in [3.8, 4) is 0 Å². The number of carbonyl (C=O) groups excluding carboxylic acids is 1. The number of likely N-dealkylation sites (tertiary alicyclic amines) is 1. The Morgan fingerprint density at radius 1 is 1.26 bits per heavy atom. The van der Waals surface area contributed by atoms with Crippen LogP contribution in [0.1, 0.15) is 38.3 Å². The summed E-state index contributed by atoms with van der Waals surface area (Å²) >= 11 is 0. The van der Waals surface area contributed by atoms with Crippen molar-refractivity contribution in [3.05, 3.63) is 35.9 Å². The maximum atomic E-state index is 12.2. The number of hydrogen-bond acceptors (Lipinski definition) is 2. The molecule has 1 heterocycles. The van der Waals surface area contributed by atoms with Gasteiger partial charge in [-0.05, 0) is 38.8 Å². The van der Waals surface area contributed by atoms with Crippen molar-refractivity contribution < 1.29 is 4.79 Å². The Labute approximate surface area is 116 Å². The van der Waals surface area contributed by atoms with E-state index < -0.39 is 0 Å². The fourth-order valence-corrected chi connectivity index (χ4v) is 2.92. The Balaban J connectivity index is 2.02. The Hall–Kier alpha value is -1.35. The molecule has 0 saturated carbocycles. The average Bonchev–Trinajstić information content (AvgIpc) is 2.89. The molecule has 0 N–H and O–H groups in total. The van der Waals surface area contributed by atoms with E-state index in [9.17, 15) is 4.79 Å². The predicted octanol–water partition coefficient (Wildman–Crippen LogP) is 2.69. The fraction of sp³-hybridized carbons (Fsp3) is 0.562. The van der Waals surface area contributed by atoms with Crippen LogP contribution in [0.3, 0.4) is 0 Å². The molecule has 3 nitrogen and oxygen atoms in total. The first-order chi connectivity index (χ1) is 9.26. The third kappa shape index (κ3) is 3.35. The van der Waals surface area contributed by atoms with E-state index in [-0.39, 0.29) is 5.91 Å². The molecule has 3 heteroatoms. The Bertz CT molecular complexity index is 400. The van der Waals surface area contributed by atoms with Crippen LogP contribution < -0.4 is 0 Å². The number of amides is 1. The molecule has 0 aromatic heterocycles. The molecule has 1 fully saturated rings. The Kier molecular flexibility index (Phi) is 4.97. The first-order valence-electron chi connectivity index (χ1n) is 7.33. The minimum Gasteiger partial charge on any atom is -0.342 e. The van der Waals surface area contributed by atoms with Gasteiger partial charge >= 0.3 is 0 Å². The Morgan fingerprint density at radius 2 is 1.95 bits per heavy atom. The van der Waals surface area contributed by atoms with Gasteiger partial charge < -0.3 is 4.90 Å². The summed E-state index contributed by atoms with van der Waals surface area (Å²) in [6.07, 6.45) is 2.35. The second-order valence-electron chi connectivity index (χ2n) is 5.11. The maximum absolute atomic E-state index is 12.2. The van der Waals surface area contributed by atoms with Gasteiger partial charge in [0, 0.05) is 19.1 Å². The molecule has 19 heavy (non-hydrogen) atoms. The molecule has 1 aromatic carbocycles. The predicted molar refractivity (Wildman–Crippen MR) is 77.9 cm³/mol. The van der Waals surface area contributed by atoms with Gasteiger partial charge in [0.15, 0.2) is 0 Å². The summed E-state index contributed by atoms with van der Waals surface area (Å²) in [6.45, 7) is 7.28. The smallest absolute Gasteiger partial charge is 0.236 e. The normalized spacial score (nSPS) is 19.6. The molecule has 1 atom stereocenters. The van der Waals surface area contributed by atoms with Crippen molar-refractivity contribution in [2.75, 3.05) is 26.2 Å². The number of carbonyl (C=O) groups is 1. The standard InChI is InChI=1S/C16H24N2O/c1-3-17(4-2)16(19)13-18-12-8-11-15(18)14-9-6-5-7-10-14/h5-7,9-10,15H,3-4,8,11-13H2,1-2H3. The van der Waals surface area contributed by atoms with E-state index in [0.29, 0.717) is 12.6 Å². The Morgan fingerprint density at radius 3 is 2.58 bits per heavy atom. The van der Waals surface area contributed by atoms with Gasteiger partial charge in [-0.3, -0.25) is 9.69 Å². The molecule has 1 amide bonds. The van der Waals surface area contributed by atoms with Gasteiger partial charge in [-0.2, -0.15) is 0 Å². The van der Waals surface area contributed by atoms with Gasteiger partial charge in [0.1, 0.15) is 0 Å². The van der Waals surface area contributed by atoms with Crippen LogP contribution in [0.25, 0.3) is 0 Å². The summed E-state index contributed by atoms with van der Waals surface area (Å²) in [5.41, 5.74) is 1.34. The lowest BCUT2D eigenvalue weighted by Gasteiger charge is -2.27. The SMILES string of the molecule is CCN(CC)C(=O)CN1CCCC1c1ccccc1. The fourth-order valence-electron chi connectivity index (χ4n) is 2.92. The second kappa shape index (κ2) is 6.71. The zero-order chi connectivity index (χ0) is 13.7. The third-order valence-electron chi connectivity index (χ3n) is 4.00. The first kappa shape index (κ1) is 14.1. The number of benzene rings is 1. The average molecular weight is 260 g/mol. The van der Waals surface area contributed by atoms with Crippen molar-refractivity contribution in [1.82, 2.24) is 9.80 Å². The van der Waals surface area contributed by atoms with Gasteiger partial charge in [0.05, 0.1) is 6.54 Å². The molecule has 0 aliphatic carbocycles. The summed E-state index contributed by atoms with van der Waals surface area (Å²) in [5, 5.41) is 0. The largest absolute Gasteiger partial charge is 0.342 e. The van der Waals surface area contributed by atoms with Crippen LogP contribution in [0.4, 0.5) is 0 Å². The van der Waals surface area contributed by atoms with Crippen LogP contribution >= 0.6 is 0 Å². The molecule has 1 unspecified atom stereocenters. The van der Waals surface area contributed by atoms with Gasteiger partial charge in [-0.1, -0.05) is 30.3 Å². The molecule has 1 saturated heterocycles. The van der Waals surface area contributed by atoms with E-state index in [1.165, 1.54) is 12.0 Å². The molecule has 0 spiro atoms. The number of nitrogens with zero attached hydrogens (tertiary/aromatic N) is 2. The lowest BCUT2D eigenvalue weighted by molar-refractivity contribution is -0.132. The van der Waals surface area contributed by atoms with Gasteiger partial charge in [-0.15, -0.1) is 0 Å². The molecule has 0 radical (unpaired) electrons. The van der Waals surface area contributed by atoms with Crippen molar-refractivity contribution in [2.45, 2.75) is 32.7 Å². The van der Waals surface area contributed by atoms with Crippen LogP contribution in [0, 0.1) is 0 Å². The van der Waals surface area contributed by atoms with Gasteiger partial charge in [0.2, 0.25) is 5.91 Å². The topological polar surface area (TPSA) is 23.6 Å². The van der Waals surface area contributed by atoms with Gasteiger partial charge in [-0.25, -0.2) is 0 Å². The highest BCUT2D eigenvalue weighted by Crippen LogP contribution is 2.31. The van der Waals surface area contributed by atoms with Crippen molar-refractivity contribution in [2.24, 2.45) is 0 Å². The quantitative estimate of drug-likeness (QED) is 0.812. The van der Waals surface area contributed by atoms with Gasteiger partial charge in [0.25, 0.3) is 0 Å². The van der Waals surface area contributed by atoms with E-state index in [4.69, 9.17) is 0 Å². The lowest BCUT2D eigenvalue weighted by atomic mass is 10.0. The molecule has 1 aromatic rings. The van der Waals surface area contributed by atoms with E-state index in [1.807, 2.05) is 24.8 Å². The number of likely N-dealkylation sites (N-methyl/N-ethyl adjacent to an activating group) is 1. The minimum absolute atomic E-state index is 0.257. The molecule has 104 valence electrons. The van der Waals surface area contributed by atoms with Crippen LogP contribution in [-0.4, -0.2) is 41.9 Å². The molecule has 0 bridgehead atoms. The molecular weight excluding hydrogens is 236 g/mol. The first-order valence-corrected chi connectivity index (χ1v) is 7.33. The molecule has 1 aliphatic heterocycles. The van der Waals surface area contributed by atoms with E-state index in [2.05, 4.69) is 29.2 Å². The van der Waals surface area contributed by atoms with Crippen molar-refractivity contribution in [3.63, 3.8) is 0 Å². The maximum Gasteiger partial charge on any atom is 0.236 e. The summed E-state index contributed by atoms with van der Waals surface area (Å²) in [7, 11) is 0. The summed E-state index contributed by atoms with van der Waals surface area (Å²) < 4.78 is 0. The van der Waals surface area contributed by atoms with Crippen LogP contribution in [0.2, 0.25) is 0 Å². The van der Waals surface area contributed by atoms with Crippen LogP contribution in [0.15, 0.2) is 30.3 Å². The van der Waals surface area contributed by atoms with E-state index >= 15 is 0 Å². The zero-order valence-electron chi connectivity index (χ0n) is 12.0. The summed E-state index contributed by atoms with van der Waals surface area (Å²) in [4.78, 5) is 16.5. The molecule has 2 rings (SSSR count). The van der Waals surface area contributed by atoms with Crippen molar-refractivity contribution in [1.29, 1.82) is 0 Å². The monoisotopic (exact) mass is 260 g/mol. The van der Waals surface area contributed by atoms with E-state index in [0.717, 1.165) is 26.1 Å². The van der Waals surface area contributed by atoms with E-state index in [1.54, 1.807) is 0 Å². The zero-order valence-corrected chi connectivity index (χ0v) is 12.0. The van der Waals surface area contributed by atoms with Crippen LogP contribution in [-0.2, 0) is 4.79 Å². The highest BCUT2D eigenvalue weighted by Gasteiger charge is 2.28. The highest BCUT2D eigenvalue weighted by molar-refractivity contribution is 5.78. The summed E-state index contributed by atoms with van der Waals surface area (Å²) in [6, 6.07) is 11.0. The summed E-state index contributed by atoms with van der Waals surface area (Å²) in [5.74, 6) is 0.257. The number of hydrogen-bond donors (Lipinski definition) is 0.